The number of hydrogen-bond acceptors (Lipinski definition) is 4. The van der Waals surface area contributed by atoms with Crippen LogP contribution in [0.5, 0.6) is 0 Å². The molecule has 1 unspecified atom stereocenters. The van der Waals surface area contributed by atoms with Gasteiger partial charge in [-0.15, -0.1) is 0 Å². The molecule has 6 nitrogen and oxygen atoms in total. The Balaban J connectivity index is 0.000000260. The van der Waals surface area contributed by atoms with Gasteiger partial charge in [-0.05, 0) is 43.4 Å². The second kappa shape index (κ2) is 8.91. The lowest BCUT2D eigenvalue weighted by Crippen LogP contribution is -2.42. The summed E-state index contributed by atoms with van der Waals surface area (Å²) in [5.74, 6) is -2.79. The molecule has 142 valence electrons. The molecular weight excluding hydrogens is 341 g/mol. The van der Waals surface area contributed by atoms with Crippen LogP contribution in [-0.4, -0.2) is 38.8 Å². The maximum Gasteiger partial charge on any atom is 0.328 e. The topological polar surface area (TPSA) is 107 Å². The van der Waals surface area contributed by atoms with Crippen molar-refractivity contribution in [2.75, 3.05) is 0 Å². The largest absolute Gasteiger partial charge is 0.478 e. The van der Waals surface area contributed by atoms with Crippen LogP contribution in [0.25, 0.3) is 0 Å². The van der Waals surface area contributed by atoms with Gasteiger partial charge >= 0.3 is 11.9 Å². The first kappa shape index (κ1) is 20.1. The smallest absolute Gasteiger partial charge is 0.328 e. The number of carboxylic acid groups (broad SMARTS) is 2. The first-order chi connectivity index (χ1) is 12.3. The van der Waals surface area contributed by atoms with E-state index in [-0.39, 0.29) is 17.4 Å². The fourth-order valence-corrected chi connectivity index (χ4v) is 3.72. The Kier molecular flexibility index (Phi) is 6.88. The van der Waals surface area contributed by atoms with Gasteiger partial charge in [-0.3, -0.25) is 0 Å². The molecule has 1 saturated carbocycles. The number of benzene rings is 1. The maximum atomic E-state index is 13.2. The van der Waals surface area contributed by atoms with Crippen LogP contribution in [0, 0.1) is 5.82 Å². The highest BCUT2D eigenvalue weighted by molar-refractivity contribution is 5.89. The zero-order valence-corrected chi connectivity index (χ0v) is 14.4. The van der Waals surface area contributed by atoms with Crippen LogP contribution in [0.4, 0.5) is 4.39 Å². The summed E-state index contributed by atoms with van der Waals surface area (Å²) in [4.78, 5) is 19.1. The molecule has 1 spiro atoms. The van der Waals surface area contributed by atoms with Gasteiger partial charge < -0.3 is 20.6 Å². The molecule has 0 bridgehead atoms. The van der Waals surface area contributed by atoms with E-state index in [1.165, 1.54) is 37.8 Å². The zero-order chi connectivity index (χ0) is 19.2. The van der Waals surface area contributed by atoms with Crippen molar-refractivity contribution < 1.29 is 29.3 Å². The molecule has 3 rings (SSSR count). The number of halogens is 1. The quantitative estimate of drug-likeness (QED) is 0.611. The number of aliphatic carboxylic acids is 2. The number of rotatable bonds is 4. The minimum absolute atomic E-state index is 0.0740. The van der Waals surface area contributed by atoms with Crippen molar-refractivity contribution in [3.8, 4) is 0 Å². The van der Waals surface area contributed by atoms with Gasteiger partial charge in [0.15, 0.2) is 0 Å². The summed E-state index contributed by atoms with van der Waals surface area (Å²) in [7, 11) is 0. The van der Waals surface area contributed by atoms with Gasteiger partial charge in [-0.1, -0.05) is 25.0 Å². The van der Waals surface area contributed by atoms with Crippen molar-refractivity contribution in [2.45, 2.75) is 56.2 Å². The Morgan fingerprint density at radius 3 is 2.31 bits per heavy atom. The highest BCUT2D eigenvalue weighted by Gasteiger charge is 2.42. The average Bonchev–Trinajstić information content (AvgIpc) is 3.23. The van der Waals surface area contributed by atoms with Gasteiger partial charge in [-0.25, -0.2) is 14.0 Å². The van der Waals surface area contributed by atoms with Crippen LogP contribution in [0.15, 0.2) is 36.4 Å². The van der Waals surface area contributed by atoms with E-state index in [4.69, 9.17) is 10.2 Å². The number of carbonyl (C=O) groups is 2. The predicted molar refractivity (Wildman–Crippen MR) is 93.1 cm³/mol. The lowest BCUT2D eigenvalue weighted by molar-refractivity contribution is -0.134. The Bertz CT molecular complexity index is 654. The number of nitrogens with one attached hydrogen (secondary N) is 1. The van der Waals surface area contributed by atoms with Crippen LogP contribution in [0.3, 0.4) is 0 Å². The van der Waals surface area contributed by atoms with Gasteiger partial charge in [0, 0.05) is 23.7 Å². The Hall–Kier alpha value is -2.25. The molecule has 2 fully saturated rings. The summed E-state index contributed by atoms with van der Waals surface area (Å²) >= 11 is 0. The van der Waals surface area contributed by atoms with Crippen LogP contribution in [0.2, 0.25) is 0 Å². The lowest BCUT2D eigenvalue weighted by atomic mass is 9.96. The number of aliphatic hydroxyl groups excluding tert-OH is 1. The molecule has 1 aliphatic heterocycles. The standard InChI is InChI=1S/C15H20FNO.C4H4O4/c16-12-5-3-4-11(10-12)14(18)13-6-9-15(17-13)7-1-2-8-15;5-3(6)1-2-4(7)8/h3-5,10,13-14,17-18H,1-2,6-9H2;1-2H,(H,5,6)(H,7,8)/b;2-1-/t13?,14-;/m1./s1. The van der Waals surface area contributed by atoms with Gasteiger partial charge in [0.25, 0.3) is 0 Å². The van der Waals surface area contributed by atoms with Gasteiger partial charge in [0.05, 0.1) is 6.10 Å². The van der Waals surface area contributed by atoms with E-state index in [9.17, 15) is 19.1 Å². The normalized spacial score (nSPS) is 22.2. The summed E-state index contributed by atoms with van der Waals surface area (Å²) in [6.45, 7) is 0. The van der Waals surface area contributed by atoms with Gasteiger partial charge in [-0.2, -0.15) is 0 Å². The van der Waals surface area contributed by atoms with E-state index in [0.29, 0.717) is 17.7 Å². The van der Waals surface area contributed by atoms with E-state index in [1.807, 2.05) is 0 Å². The molecule has 4 N–H and O–H groups in total. The Morgan fingerprint density at radius 2 is 1.77 bits per heavy atom. The molecule has 7 heteroatoms. The van der Waals surface area contributed by atoms with Crippen LogP contribution >= 0.6 is 0 Å². The minimum Gasteiger partial charge on any atom is -0.478 e. The molecule has 26 heavy (non-hydrogen) atoms. The predicted octanol–water partition coefficient (Wildman–Crippen LogP) is 2.64. The van der Waals surface area contributed by atoms with Crippen LogP contribution in [0.1, 0.15) is 50.2 Å². The van der Waals surface area contributed by atoms with Crippen molar-refractivity contribution in [1.82, 2.24) is 5.32 Å². The summed E-state index contributed by atoms with van der Waals surface area (Å²) in [6, 6.07) is 6.39. The molecule has 1 aromatic carbocycles. The fourth-order valence-electron chi connectivity index (χ4n) is 3.72. The molecule has 0 aromatic heterocycles. The second-order valence-electron chi connectivity index (χ2n) is 6.79. The molecular formula is C19H24FNO5. The third-order valence-corrected chi connectivity index (χ3v) is 4.93. The molecule has 1 aliphatic carbocycles. The van der Waals surface area contributed by atoms with Gasteiger partial charge in [0.1, 0.15) is 5.82 Å². The van der Waals surface area contributed by atoms with Crippen molar-refractivity contribution in [3.05, 3.63) is 47.8 Å². The highest BCUT2D eigenvalue weighted by Crippen LogP contribution is 2.41. The number of hydrogen-bond donors (Lipinski definition) is 4. The van der Waals surface area contributed by atoms with Crippen molar-refractivity contribution >= 4 is 11.9 Å². The second-order valence-corrected chi connectivity index (χ2v) is 6.79. The summed E-state index contributed by atoms with van der Waals surface area (Å²) in [6.07, 6.45) is 7.66. The van der Waals surface area contributed by atoms with E-state index in [0.717, 1.165) is 12.8 Å². The Morgan fingerprint density at radius 1 is 1.15 bits per heavy atom. The molecule has 1 saturated heterocycles. The number of carboxylic acids is 2. The zero-order valence-electron chi connectivity index (χ0n) is 14.4. The van der Waals surface area contributed by atoms with Crippen molar-refractivity contribution in [2.24, 2.45) is 0 Å². The first-order valence-electron chi connectivity index (χ1n) is 8.66. The first-order valence-corrected chi connectivity index (χ1v) is 8.66. The molecule has 0 radical (unpaired) electrons. The fraction of sp³-hybridized carbons (Fsp3) is 0.474. The number of aliphatic hydroxyl groups is 1. The highest BCUT2D eigenvalue weighted by atomic mass is 19.1. The molecule has 0 amide bonds. The van der Waals surface area contributed by atoms with Crippen molar-refractivity contribution in [3.63, 3.8) is 0 Å². The summed E-state index contributed by atoms with van der Waals surface area (Å²) in [5.41, 5.74) is 0.946. The monoisotopic (exact) mass is 365 g/mol. The molecule has 2 aliphatic rings. The average molecular weight is 365 g/mol. The van der Waals surface area contributed by atoms with E-state index in [1.54, 1.807) is 12.1 Å². The van der Waals surface area contributed by atoms with Crippen molar-refractivity contribution in [1.29, 1.82) is 0 Å². The van der Waals surface area contributed by atoms with Crippen LogP contribution in [-0.2, 0) is 9.59 Å². The van der Waals surface area contributed by atoms with Gasteiger partial charge in [0.2, 0.25) is 0 Å². The van der Waals surface area contributed by atoms with E-state index < -0.39 is 18.0 Å². The van der Waals surface area contributed by atoms with Crippen LogP contribution < -0.4 is 5.32 Å². The van der Waals surface area contributed by atoms with E-state index >= 15 is 0 Å². The van der Waals surface area contributed by atoms with E-state index in [2.05, 4.69) is 5.32 Å². The summed E-state index contributed by atoms with van der Waals surface area (Å²) in [5, 5.41) is 29.6. The molecule has 2 atom stereocenters. The molecule has 1 heterocycles. The SMILES string of the molecule is O=C(O)/C=C\C(=O)O.O[C@H](c1cccc(F)c1)C1CCC2(CCCC2)N1. The Labute approximate surface area is 151 Å². The lowest BCUT2D eigenvalue weighted by Gasteiger charge is -2.27. The maximum absolute atomic E-state index is 13.2. The third kappa shape index (κ3) is 5.64. The summed E-state index contributed by atoms with van der Waals surface area (Å²) < 4.78 is 13.2. The minimum atomic E-state index is -1.26. The third-order valence-electron chi connectivity index (χ3n) is 4.93. The molecule has 1 aromatic rings.